The Labute approximate surface area is 183 Å². The van der Waals surface area contributed by atoms with Gasteiger partial charge >= 0.3 is 0 Å². The van der Waals surface area contributed by atoms with Crippen molar-refractivity contribution in [3.05, 3.63) is 59.9 Å². The van der Waals surface area contributed by atoms with E-state index in [0.717, 1.165) is 12.1 Å². The van der Waals surface area contributed by atoms with Crippen LogP contribution >= 0.6 is 0 Å². The topological polar surface area (TPSA) is 85.6 Å². The van der Waals surface area contributed by atoms with E-state index in [1.54, 1.807) is 24.1 Å². The number of nitrogens with zero attached hydrogens (tertiary/aromatic N) is 6. The second-order valence-electron chi connectivity index (χ2n) is 7.20. The minimum absolute atomic E-state index is 0.0747. The summed E-state index contributed by atoms with van der Waals surface area (Å²) in [6.45, 7) is 2.62. The second kappa shape index (κ2) is 9.69. The first kappa shape index (κ1) is 21.6. The molecule has 1 aliphatic rings. The molecular weight excluding hydrogens is 422 g/mol. The Morgan fingerprint density at radius 1 is 1.03 bits per heavy atom. The molecule has 0 bridgehead atoms. The zero-order valence-electron chi connectivity index (χ0n) is 17.4. The number of hydrogen-bond acceptors (Lipinski definition) is 7. The summed E-state index contributed by atoms with van der Waals surface area (Å²) in [7, 11) is 1.55. The number of tetrazole rings is 1. The number of para-hydroxylation sites is 2. The van der Waals surface area contributed by atoms with E-state index >= 15 is 0 Å². The predicted molar refractivity (Wildman–Crippen MR) is 109 cm³/mol. The zero-order valence-corrected chi connectivity index (χ0v) is 17.4. The summed E-state index contributed by atoms with van der Waals surface area (Å²) in [6, 6.07) is 10.7. The van der Waals surface area contributed by atoms with Gasteiger partial charge in [0.15, 0.2) is 35.6 Å². The molecule has 4 rings (SSSR count). The summed E-state index contributed by atoms with van der Waals surface area (Å²) in [5, 5.41) is 11.5. The lowest BCUT2D eigenvalue weighted by Gasteiger charge is -2.34. The van der Waals surface area contributed by atoms with Crippen molar-refractivity contribution in [3.63, 3.8) is 0 Å². The standard InChI is InChI=1S/C21H22F2N6O3/c1-31-18-4-2-3-5-19(18)32-14-21(30)28-10-8-27(9-11-28)13-20-24-25-26-29(20)15-6-7-16(22)17(23)12-15/h2-7,12H,8-11,13-14H2,1H3. The van der Waals surface area contributed by atoms with Gasteiger partial charge in [0, 0.05) is 32.2 Å². The zero-order chi connectivity index (χ0) is 22.5. The number of halogens is 2. The van der Waals surface area contributed by atoms with E-state index < -0.39 is 11.6 Å². The molecule has 1 aromatic heterocycles. The minimum Gasteiger partial charge on any atom is -0.493 e. The van der Waals surface area contributed by atoms with Crippen molar-refractivity contribution < 1.29 is 23.0 Å². The van der Waals surface area contributed by atoms with Crippen LogP contribution in [-0.2, 0) is 11.3 Å². The second-order valence-corrected chi connectivity index (χ2v) is 7.20. The first-order valence-electron chi connectivity index (χ1n) is 10.0. The SMILES string of the molecule is COc1ccccc1OCC(=O)N1CCN(Cc2nnnn2-c2ccc(F)c(F)c2)CC1. The van der Waals surface area contributed by atoms with Gasteiger partial charge in [-0.2, -0.15) is 4.68 Å². The Kier molecular flexibility index (Phi) is 6.55. The van der Waals surface area contributed by atoms with Crippen LogP contribution in [0.3, 0.4) is 0 Å². The number of rotatable bonds is 7. The van der Waals surface area contributed by atoms with Gasteiger partial charge in [0.25, 0.3) is 5.91 Å². The summed E-state index contributed by atoms with van der Waals surface area (Å²) < 4.78 is 39.0. The highest BCUT2D eigenvalue weighted by molar-refractivity contribution is 5.78. The molecule has 168 valence electrons. The van der Waals surface area contributed by atoms with Gasteiger partial charge in [0.05, 0.1) is 19.3 Å². The average Bonchev–Trinajstić information content (AvgIpc) is 3.28. The maximum atomic E-state index is 13.6. The Hall–Kier alpha value is -3.60. The molecule has 0 atom stereocenters. The van der Waals surface area contributed by atoms with Gasteiger partial charge in [-0.1, -0.05) is 12.1 Å². The number of amides is 1. The van der Waals surface area contributed by atoms with Gasteiger partial charge in [-0.25, -0.2) is 8.78 Å². The predicted octanol–water partition coefficient (Wildman–Crippen LogP) is 1.67. The molecular formula is C21H22F2N6O3. The smallest absolute Gasteiger partial charge is 0.260 e. The number of aromatic nitrogens is 4. The number of benzene rings is 2. The lowest BCUT2D eigenvalue weighted by Crippen LogP contribution is -2.49. The first-order chi connectivity index (χ1) is 15.5. The minimum atomic E-state index is -0.966. The van der Waals surface area contributed by atoms with Crippen molar-refractivity contribution in [3.8, 4) is 17.2 Å². The summed E-state index contributed by atoms with van der Waals surface area (Å²) in [6.07, 6.45) is 0. The van der Waals surface area contributed by atoms with Crippen LogP contribution in [0.25, 0.3) is 5.69 Å². The molecule has 2 aromatic carbocycles. The molecule has 1 saturated heterocycles. The van der Waals surface area contributed by atoms with Crippen LogP contribution in [0.4, 0.5) is 8.78 Å². The summed E-state index contributed by atoms with van der Waals surface area (Å²) in [5.41, 5.74) is 0.339. The summed E-state index contributed by atoms with van der Waals surface area (Å²) in [4.78, 5) is 16.4. The van der Waals surface area contributed by atoms with Gasteiger partial charge in [0.1, 0.15) is 0 Å². The molecule has 0 radical (unpaired) electrons. The lowest BCUT2D eigenvalue weighted by atomic mass is 10.3. The van der Waals surface area contributed by atoms with Crippen LogP contribution in [0.15, 0.2) is 42.5 Å². The van der Waals surface area contributed by atoms with E-state index in [2.05, 4.69) is 20.4 Å². The summed E-state index contributed by atoms with van der Waals surface area (Å²) in [5.74, 6) is -0.419. The Morgan fingerprint density at radius 2 is 1.78 bits per heavy atom. The fourth-order valence-electron chi connectivity index (χ4n) is 3.45. The molecule has 1 amide bonds. The Morgan fingerprint density at radius 3 is 2.50 bits per heavy atom. The average molecular weight is 444 g/mol. The van der Waals surface area contributed by atoms with E-state index in [4.69, 9.17) is 9.47 Å². The molecule has 0 saturated carbocycles. The highest BCUT2D eigenvalue weighted by Crippen LogP contribution is 2.25. The van der Waals surface area contributed by atoms with Crippen molar-refractivity contribution in [2.45, 2.75) is 6.54 Å². The fourth-order valence-corrected chi connectivity index (χ4v) is 3.45. The van der Waals surface area contributed by atoms with Crippen molar-refractivity contribution >= 4 is 5.91 Å². The molecule has 0 spiro atoms. The van der Waals surface area contributed by atoms with Crippen LogP contribution in [0.1, 0.15) is 5.82 Å². The van der Waals surface area contributed by atoms with E-state index in [1.807, 2.05) is 12.1 Å². The molecule has 11 heteroatoms. The highest BCUT2D eigenvalue weighted by Gasteiger charge is 2.23. The third-order valence-electron chi connectivity index (χ3n) is 5.19. The van der Waals surface area contributed by atoms with Crippen LogP contribution in [0.5, 0.6) is 11.5 Å². The maximum Gasteiger partial charge on any atom is 0.260 e. The molecule has 0 aliphatic carbocycles. The molecule has 1 fully saturated rings. The number of hydrogen-bond donors (Lipinski definition) is 0. The van der Waals surface area contributed by atoms with Crippen molar-refractivity contribution in [2.75, 3.05) is 39.9 Å². The molecule has 32 heavy (non-hydrogen) atoms. The summed E-state index contributed by atoms with van der Waals surface area (Å²) >= 11 is 0. The van der Waals surface area contributed by atoms with Gasteiger partial charge in [-0.3, -0.25) is 9.69 Å². The largest absolute Gasteiger partial charge is 0.493 e. The monoisotopic (exact) mass is 444 g/mol. The molecule has 2 heterocycles. The first-order valence-corrected chi connectivity index (χ1v) is 10.0. The van der Waals surface area contributed by atoms with E-state index in [1.165, 1.54) is 10.7 Å². The number of methoxy groups -OCH3 is 1. The van der Waals surface area contributed by atoms with Crippen LogP contribution in [-0.4, -0.2) is 75.8 Å². The molecule has 3 aromatic rings. The third-order valence-corrected chi connectivity index (χ3v) is 5.19. The molecule has 9 nitrogen and oxygen atoms in total. The molecule has 0 N–H and O–H groups in total. The lowest BCUT2D eigenvalue weighted by molar-refractivity contribution is -0.135. The fraction of sp³-hybridized carbons (Fsp3) is 0.333. The normalized spacial score (nSPS) is 14.4. The quantitative estimate of drug-likeness (QED) is 0.548. The molecule has 0 unspecified atom stereocenters. The number of carbonyl (C=O) groups is 1. The van der Waals surface area contributed by atoms with Gasteiger partial charge in [0.2, 0.25) is 0 Å². The number of ether oxygens (including phenoxy) is 2. The van der Waals surface area contributed by atoms with Crippen molar-refractivity contribution in [1.29, 1.82) is 0 Å². The van der Waals surface area contributed by atoms with E-state index in [0.29, 0.717) is 55.7 Å². The number of piperazine rings is 1. The van der Waals surface area contributed by atoms with Crippen molar-refractivity contribution in [2.24, 2.45) is 0 Å². The third kappa shape index (κ3) is 4.83. The van der Waals surface area contributed by atoms with Crippen LogP contribution in [0, 0.1) is 11.6 Å². The van der Waals surface area contributed by atoms with E-state index in [-0.39, 0.29) is 12.5 Å². The van der Waals surface area contributed by atoms with Gasteiger partial charge in [-0.05, 0) is 34.7 Å². The Balaban J connectivity index is 1.30. The highest BCUT2D eigenvalue weighted by atomic mass is 19.2. The Bertz CT molecular complexity index is 1080. The van der Waals surface area contributed by atoms with Crippen molar-refractivity contribution in [1.82, 2.24) is 30.0 Å². The van der Waals surface area contributed by atoms with E-state index in [9.17, 15) is 13.6 Å². The maximum absolute atomic E-state index is 13.6. The van der Waals surface area contributed by atoms with Gasteiger partial charge in [-0.15, -0.1) is 5.10 Å². The van der Waals surface area contributed by atoms with Crippen LogP contribution < -0.4 is 9.47 Å². The van der Waals surface area contributed by atoms with Gasteiger partial charge < -0.3 is 14.4 Å². The van der Waals surface area contributed by atoms with Crippen LogP contribution in [0.2, 0.25) is 0 Å². The number of carbonyl (C=O) groups excluding carboxylic acids is 1. The molecule has 1 aliphatic heterocycles.